The maximum atomic E-state index is 12.1. The maximum absolute atomic E-state index is 12.1. The Balaban J connectivity index is 2.05. The number of carbonyl (C=O) groups excluding carboxylic acids is 2. The second kappa shape index (κ2) is 6.39. The first-order valence-corrected chi connectivity index (χ1v) is 8.52. The second-order valence-electron chi connectivity index (χ2n) is 4.44. The highest BCUT2D eigenvalue weighted by Crippen LogP contribution is 2.21. The number of carboxylic acids is 1. The van der Waals surface area contributed by atoms with Gasteiger partial charge in [-0.15, -0.1) is 11.3 Å². The third kappa shape index (κ3) is 4.08. The molecule has 2 heterocycles. The molecule has 13 heteroatoms. The molecule has 2 unspecified atom stereocenters. The fourth-order valence-electron chi connectivity index (χ4n) is 1.78. The van der Waals surface area contributed by atoms with Crippen LogP contribution in [-0.4, -0.2) is 44.0 Å². The van der Waals surface area contributed by atoms with Crippen LogP contribution in [0.1, 0.15) is 16.6 Å². The van der Waals surface area contributed by atoms with Crippen molar-refractivity contribution >= 4 is 39.4 Å². The Bertz CT molecular complexity index is 745. The topological polar surface area (TPSA) is 166 Å². The molecule has 0 saturated carbocycles. The van der Waals surface area contributed by atoms with Gasteiger partial charge < -0.3 is 21.1 Å². The summed E-state index contributed by atoms with van der Waals surface area (Å²) < 4.78 is 25.8. The van der Waals surface area contributed by atoms with Gasteiger partial charge in [0, 0.05) is 0 Å². The molecule has 0 aliphatic carbocycles. The average Bonchev–Trinajstić information content (AvgIpc) is 2.86. The van der Waals surface area contributed by atoms with E-state index in [9.17, 15) is 22.8 Å². The molecule has 0 radical (unpaired) electrons. The van der Waals surface area contributed by atoms with Gasteiger partial charge in [-0.2, -0.15) is 0 Å². The van der Waals surface area contributed by atoms with Crippen molar-refractivity contribution in [2.75, 3.05) is 0 Å². The van der Waals surface area contributed by atoms with E-state index >= 15 is 0 Å². The van der Waals surface area contributed by atoms with Crippen molar-refractivity contribution in [3.8, 4) is 0 Å². The molecule has 11 nitrogen and oxygen atoms in total. The van der Waals surface area contributed by atoms with E-state index in [2.05, 4.69) is 21.3 Å². The minimum atomic E-state index is -4.36. The van der Waals surface area contributed by atoms with Crippen LogP contribution in [0.2, 0.25) is 0 Å². The van der Waals surface area contributed by atoms with Gasteiger partial charge in [0.05, 0.1) is 6.17 Å². The van der Waals surface area contributed by atoms with Gasteiger partial charge in [0.1, 0.15) is 9.77 Å². The number of aromatic carboxylic acids is 1. The van der Waals surface area contributed by atoms with Crippen molar-refractivity contribution in [1.29, 1.82) is 0 Å². The second-order valence-corrected chi connectivity index (χ2v) is 7.00. The van der Waals surface area contributed by atoms with Crippen molar-refractivity contribution in [3.05, 3.63) is 16.3 Å². The SMILES string of the molecule is CC1NC(=O)NC(NC(=O)NS(=O)(=O)c2ccsc2C(=O)O)N1. The Hall–Kier alpha value is -2.38. The zero-order valence-corrected chi connectivity index (χ0v) is 13.2. The minimum absolute atomic E-state index is 0.410. The zero-order chi connectivity index (χ0) is 17.2. The highest BCUT2D eigenvalue weighted by Gasteiger charge is 2.28. The number of sulfonamides is 1. The molecule has 1 saturated heterocycles. The van der Waals surface area contributed by atoms with Crippen LogP contribution in [0.3, 0.4) is 0 Å². The lowest BCUT2D eigenvalue weighted by atomic mass is 10.5. The fraction of sp³-hybridized carbons (Fsp3) is 0.300. The molecule has 0 bridgehead atoms. The van der Waals surface area contributed by atoms with Crippen LogP contribution in [0.4, 0.5) is 9.59 Å². The van der Waals surface area contributed by atoms with Crippen molar-refractivity contribution in [2.24, 2.45) is 0 Å². The molecule has 1 aromatic rings. The van der Waals surface area contributed by atoms with E-state index in [1.54, 1.807) is 11.6 Å². The molecule has 126 valence electrons. The quantitative estimate of drug-likeness (QED) is 0.398. The summed E-state index contributed by atoms with van der Waals surface area (Å²) in [7, 11) is -4.36. The lowest BCUT2D eigenvalue weighted by Crippen LogP contribution is -2.69. The number of urea groups is 2. The van der Waals surface area contributed by atoms with Crippen LogP contribution >= 0.6 is 11.3 Å². The zero-order valence-electron chi connectivity index (χ0n) is 11.6. The number of hydrogen-bond acceptors (Lipinski definition) is 7. The van der Waals surface area contributed by atoms with Gasteiger partial charge in [0.2, 0.25) is 0 Å². The van der Waals surface area contributed by atoms with Crippen LogP contribution in [0.25, 0.3) is 0 Å². The summed E-state index contributed by atoms with van der Waals surface area (Å²) in [6.07, 6.45) is -1.43. The highest BCUT2D eigenvalue weighted by atomic mass is 32.2. The van der Waals surface area contributed by atoms with Crippen molar-refractivity contribution in [1.82, 2.24) is 26.0 Å². The minimum Gasteiger partial charge on any atom is -0.477 e. The van der Waals surface area contributed by atoms with Crippen LogP contribution in [0.15, 0.2) is 16.3 Å². The number of carbonyl (C=O) groups is 3. The Morgan fingerprint density at radius 2 is 2.04 bits per heavy atom. The Kier molecular flexibility index (Phi) is 4.72. The van der Waals surface area contributed by atoms with Gasteiger partial charge >= 0.3 is 18.0 Å². The van der Waals surface area contributed by atoms with Crippen molar-refractivity contribution in [3.63, 3.8) is 0 Å². The van der Waals surface area contributed by atoms with Crippen LogP contribution in [-0.2, 0) is 10.0 Å². The molecule has 23 heavy (non-hydrogen) atoms. The molecule has 0 aromatic carbocycles. The van der Waals surface area contributed by atoms with Crippen LogP contribution in [0, 0.1) is 0 Å². The first-order valence-electron chi connectivity index (χ1n) is 6.16. The third-order valence-corrected chi connectivity index (χ3v) is 5.06. The smallest absolute Gasteiger partial charge is 0.347 e. The molecule has 2 atom stereocenters. The van der Waals surface area contributed by atoms with Gasteiger partial charge in [0.25, 0.3) is 10.0 Å². The van der Waals surface area contributed by atoms with Crippen LogP contribution < -0.4 is 26.0 Å². The van der Waals surface area contributed by atoms with Gasteiger partial charge in [-0.25, -0.2) is 27.5 Å². The summed E-state index contributed by atoms with van der Waals surface area (Å²) in [5, 5.41) is 19.9. The Morgan fingerprint density at radius 3 is 2.65 bits per heavy atom. The van der Waals surface area contributed by atoms with Gasteiger partial charge in [-0.3, -0.25) is 5.32 Å². The number of thiophene rings is 1. The normalized spacial score (nSPS) is 21.0. The largest absolute Gasteiger partial charge is 0.477 e. The van der Waals surface area contributed by atoms with E-state index in [1.165, 1.54) is 5.38 Å². The standard InChI is InChI=1S/C10H13N5O6S2/c1-4-11-8(13-9(18)12-4)14-10(19)15-23(20,21)5-2-3-22-6(5)7(16)17/h2-4,8,11H,1H3,(H,16,17)(H2,12,13,18)(H2,14,15,19). The number of carboxylic acid groups (broad SMARTS) is 1. The number of hydrogen-bond donors (Lipinski definition) is 6. The van der Waals surface area contributed by atoms with Gasteiger partial charge in [-0.05, 0) is 18.4 Å². The van der Waals surface area contributed by atoms with E-state index < -0.39 is 50.3 Å². The molecule has 2 rings (SSSR count). The van der Waals surface area contributed by atoms with E-state index in [-0.39, 0.29) is 0 Å². The number of rotatable bonds is 4. The molecular weight excluding hydrogens is 350 g/mol. The average molecular weight is 363 g/mol. The lowest BCUT2D eigenvalue weighted by Gasteiger charge is -2.30. The molecule has 4 amide bonds. The van der Waals surface area contributed by atoms with Crippen molar-refractivity contribution in [2.45, 2.75) is 24.3 Å². The predicted octanol–water partition coefficient (Wildman–Crippen LogP) is -1.03. The first-order chi connectivity index (χ1) is 10.7. The maximum Gasteiger partial charge on any atom is 0.347 e. The molecule has 1 aromatic heterocycles. The summed E-state index contributed by atoms with van der Waals surface area (Å²) in [5.41, 5.74) is 0. The number of amides is 4. The number of nitrogens with one attached hydrogen (secondary N) is 5. The van der Waals surface area contributed by atoms with Crippen molar-refractivity contribution < 1.29 is 27.9 Å². The van der Waals surface area contributed by atoms with Gasteiger partial charge in [0.15, 0.2) is 6.29 Å². The summed E-state index contributed by atoms with van der Waals surface area (Å²) >= 11 is 0.720. The lowest BCUT2D eigenvalue weighted by molar-refractivity contribution is 0.0698. The monoisotopic (exact) mass is 363 g/mol. The molecule has 0 spiro atoms. The molecule has 1 aliphatic heterocycles. The summed E-state index contributed by atoms with van der Waals surface area (Å²) in [6.45, 7) is 1.62. The van der Waals surface area contributed by atoms with E-state index in [0.29, 0.717) is 0 Å². The predicted molar refractivity (Wildman–Crippen MR) is 78.2 cm³/mol. The summed E-state index contributed by atoms with van der Waals surface area (Å²) in [6, 6.07) is -0.592. The Labute approximate surface area is 134 Å². The third-order valence-electron chi connectivity index (χ3n) is 2.66. The first kappa shape index (κ1) is 17.0. The van der Waals surface area contributed by atoms with E-state index in [0.717, 1.165) is 17.4 Å². The molecule has 1 fully saturated rings. The van der Waals surface area contributed by atoms with Gasteiger partial charge in [-0.1, -0.05) is 0 Å². The molecular formula is C10H13N5O6S2. The molecule has 1 aliphatic rings. The summed E-state index contributed by atoms with van der Waals surface area (Å²) in [5.74, 6) is -1.41. The van der Waals surface area contributed by atoms with Crippen LogP contribution in [0.5, 0.6) is 0 Å². The Morgan fingerprint density at radius 1 is 1.35 bits per heavy atom. The highest BCUT2D eigenvalue weighted by molar-refractivity contribution is 7.90. The van der Waals surface area contributed by atoms with E-state index in [4.69, 9.17) is 5.11 Å². The van der Waals surface area contributed by atoms with E-state index in [1.807, 2.05) is 0 Å². The summed E-state index contributed by atoms with van der Waals surface area (Å²) in [4.78, 5) is 33.0. The molecule has 6 N–H and O–H groups in total. The fourth-order valence-corrected chi connectivity index (χ4v) is 3.96.